The van der Waals surface area contributed by atoms with Crippen LogP contribution in [0, 0.1) is 5.41 Å². The van der Waals surface area contributed by atoms with E-state index in [2.05, 4.69) is 0 Å². The molecule has 3 nitrogen and oxygen atoms in total. The molecule has 0 radical (unpaired) electrons. The molecule has 3 heteroatoms. The number of ether oxygens (including phenoxy) is 1. The molecule has 2 bridgehead atoms. The van der Waals surface area contributed by atoms with Crippen LogP contribution in [0.5, 0.6) is 0 Å². The molecule has 12 heavy (non-hydrogen) atoms. The lowest BCUT2D eigenvalue weighted by Crippen LogP contribution is -2.52. The summed E-state index contributed by atoms with van der Waals surface area (Å²) in [6.07, 6.45) is 1.86. The molecule has 70 valence electrons. The summed E-state index contributed by atoms with van der Waals surface area (Å²) in [5.74, 6) is 0. The van der Waals surface area contributed by atoms with Gasteiger partial charge in [0.15, 0.2) is 0 Å². The van der Waals surface area contributed by atoms with Gasteiger partial charge in [0.25, 0.3) is 0 Å². The second-order valence-electron chi connectivity index (χ2n) is 4.79. The first-order valence-corrected chi connectivity index (χ1v) is 4.50. The van der Waals surface area contributed by atoms with Crippen LogP contribution in [0.3, 0.4) is 0 Å². The minimum absolute atomic E-state index is 0.00757. The van der Waals surface area contributed by atoms with Crippen LogP contribution in [0.4, 0.5) is 0 Å². The van der Waals surface area contributed by atoms with E-state index in [1.54, 1.807) is 0 Å². The molecule has 2 heterocycles. The van der Waals surface area contributed by atoms with Crippen LogP contribution in [0.1, 0.15) is 26.7 Å². The van der Waals surface area contributed by atoms with Gasteiger partial charge in [-0.25, -0.2) is 0 Å². The molecule has 3 N–H and O–H groups in total. The third kappa shape index (κ3) is 0.721. The summed E-state index contributed by atoms with van der Waals surface area (Å²) >= 11 is 0. The molecule has 3 aliphatic rings. The third-order valence-electron chi connectivity index (χ3n) is 3.74. The van der Waals surface area contributed by atoms with Crippen molar-refractivity contribution in [2.75, 3.05) is 13.2 Å². The maximum Gasteiger partial charge on any atom is 0.0826 e. The summed E-state index contributed by atoms with van der Waals surface area (Å²) in [5, 5.41) is 9.29. The van der Waals surface area contributed by atoms with E-state index in [1.165, 1.54) is 0 Å². The van der Waals surface area contributed by atoms with Crippen molar-refractivity contribution in [1.82, 2.24) is 0 Å². The zero-order valence-electron chi connectivity index (χ0n) is 7.76. The first-order chi connectivity index (χ1) is 5.49. The molecule has 3 fully saturated rings. The fourth-order valence-corrected chi connectivity index (χ4v) is 2.82. The summed E-state index contributed by atoms with van der Waals surface area (Å²) in [5.41, 5.74) is 5.33. The minimum Gasteiger partial charge on any atom is -0.396 e. The Bertz CT molecular complexity index is 207. The molecular formula is C9H17NO2. The average molecular weight is 171 g/mol. The van der Waals surface area contributed by atoms with Crippen LogP contribution in [-0.4, -0.2) is 29.5 Å². The zero-order chi connectivity index (χ0) is 9.04. The van der Waals surface area contributed by atoms with Crippen LogP contribution in [-0.2, 0) is 4.74 Å². The van der Waals surface area contributed by atoms with Gasteiger partial charge in [-0.15, -0.1) is 0 Å². The fraction of sp³-hybridized carbons (Fsp3) is 1.00. The number of rotatable bonds is 2. The molecule has 0 aromatic carbocycles. The van der Waals surface area contributed by atoms with Crippen LogP contribution in [0.25, 0.3) is 0 Å². The van der Waals surface area contributed by atoms with E-state index in [4.69, 9.17) is 10.5 Å². The van der Waals surface area contributed by atoms with Gasteiger partial charge in [0.2, 0.25) is 0 Å². The number of hydrogen-bond acceptors (Lipinski definition) is 3. The summed E-state index contributed by atoms with van der Waals surface area (Å²) in [6.45, 7) is 4.90. The number of aliphatic hydroxyl groups excluding tert-OH is 1. The predicted molar refractivity (Wildman–Crippen MR) is 45.7 cm³/mol. The molecule has 0 atom stereocenters. The van der Waals surface area contributed by atoms with Gasteiger partial charge in [-0.2, -0.15) is 0 Å². The Kier molecular flexibility index (Phi) is 1.43. The van der Waals surface area contributed by atoms with Crippen molar-refractivity contribution in [3.8, 4) is 0 Å². The Morgan fingerprint density at radius 1 is 1.42 bits per heavy atom. The van der Waals surface area contributed by atoms with Gasteiger partial charge < -0.3 is 15.6 Å². The van der Waals surface area contributed by atoms with Crippen LogP contribution >= 0.6 is 0 Å². The molecule has 1 aliphatic carbocycles. The standard InChI is InChI=1S/C9H17NO2/c1-7(2)8(6-11)3-9(4-8,5-10)12-7/h11H,3-6,10H2,1-2H3. The molecule has 0 unspecified atom stereocenters. The Hall–Kier alpha value is -0.120. The Balaban J connectivity index is 2.24. The molecule has 2 aliphatic heterocycles. The van der Waals surface area contributed by atoms with E-state index < -0.39 is 0 Å². The lowest BCUT2D eigenvalue weighted by atomic mass is 9.57. The van der Waals surface area contributed by atoms with Crippen LogP contribution in [0.2, 0.25) is 0 Å². The zero-order valence-corrected chi connectivity index (χ0v) is 7.76. The topological polar surface area (TPSA) is 55.5 Å². The van der Waals surface area contributed by atoms with E-state index >= 15 is 0 Å². The van der Waals surface area contributed by atoms with E-state index in [-0.39, 0.29) is 23.2 Å². The predicted octanol–water partition coefficient (Wildman–Crippen LogP) is 0.265. The van der Waals surface area contributed by atoms with Gasteiger partial charge in [0, 0.05) is 12.0 Å². The highest BCUT2D eigenvalue weighted by Gasteiger charge is 2.70. The maximum atomic E-state index is 9.29. The maximum absolute atomic E-state index is 9.29. The molecule has 2 saturated heterocycles. The highest BCUT2D eigenvalue weighted by Crippen LogP contribution is 2.65. The molecular weight excluding hydrogens is 154 g/mol. The monoisotopic (exact) mass is 171 g/mol. The molecule has 0 aromatic rings. The molecule has 0 spiro atoms. The van der Waals surface area contributed by atoms with Gasteiger partial charge in [-0.1, -0.05) is 0 Å². The Labute approximate surface area is 72.9 Å². The summed E-state index contributed by atoms with van der Waals surface area (Å²) < 4.78 is 5.87. The smallest absolute Gasteiger partial charge is 0.0826 e. The highest BCUT2D eigenvalue weighted by molar-refractivity contribution is 5.19. The second kappa shape index (κ2) is 2.03. The Morgan fingerprint density at radius 3 is 2.25 bits per heavy atom. The number of fused-ring (bicyclic) bond motifs is 1. The number of hydrogen-bond donors (Lipinski definition) is 2. The minimum atomic E-state index is -0.193. The van der Waals surface area contributed by atoms with Crippen LogP contribution < -0.4 is 5.73 Å². The van der Waals surface area contributed by atoms with Gasteiger partial charge in [0.1, 0.15) is 0 Å². The van der Waals surface area contributed by atoms with E-state index in [9.17, 15) is 5.11 Å². The van der Waals surface area contributed by atoms with Crippen molar-refractivity contribution >= 4 is 0 Å². The van der Waals surface area contributed by atoms with Gasteiger partial charge in [-0.05, 0) is 26.7 Å². The summed E-state index contributed by atoms with van der Waals surface area (Å²) in [6, 6.07) is 0. The normalized spacial score (nSPS) is 49.0. The van der Waals surface area contributed by atoms with Crippen molar-refractivity contribution in [3.05, 3.63) is 0 Å². The molecule has 0 amide bonds. The van der Waals surface area contributed by atoms with E-state index in [0.717, 1.165) is 12.8 Å². The third-order valence-corrected chi connectivity index (χ3v) is 3.74. The Morgan fingerprint density at radius 2 is 2.00 bits per heavy atom. The van der Waals surface area contributed by atoms with Crippen molar-refractivity contribution in [3.63, 3.8) is 0 Å². The van der Waals surface area contributed by atoms with E-state index in [1.807, 2.05) is 13.8 Å². The first-order valence-electron chi connectivity index (χ1n) is 4.50. The first kappa shape index (κ1) is 8.48. The quantitative estimate of drug-likeness (QED) is 0.627. The number of aliphatic hydroxyl groups is 1. The van der Waals surface area contributed by atoms with Gasteiger partial charge >= 0.3 is 0 Å². The molecule has 1 saturated carbocycles. The summed E-state index contributed by atoms with van der Waals surface area (Å²) in [7, 11) is 0. The summed E-state index contributed by atoms with van der Waals surface area (Å²) in [4.78, 5) is 0. The highest BCUT2D eigenvalue weighted by atomic mass is 16.5. The lowest BCUT2D eigenvalue weighted by Gasteiger charge is -2.45. The van der Waals surface area contributed by atoms with Crippen molar-refractivity contribution in [1.29, 1.82) is 0 Å². The molecule has 0 aromatic heterocycles. The number of nitrogens with two attached hydrogens (primary N) is 1. The second-order valence-corrected chi connectivity index (χ2v) is 4.79. The van der Waals surface area contributed by atoms with Crippen LogP contribution in [0.15, 0.2) is 0 Å². The largest absolute Gasteiger partial charge is 0.396 e. The van der Waals surface area contributed by atoms with Gasteiger partial charge in [-0.3, -0.25) is 0 Å². The van der Waals surface area contributed by atoms with E-state index in [0.29, 0.717) is 6.54 Å². The SMILES string of the molecule is CC1(C)OC2(CN)CC1(CO)C2. The van der Waals surface area contributed by atoms with Crippen molar-refractivity contribution < 1.29 is 9.84 Å². The fourth-order valence-electron chi connectivity index (χ4n) is 2.82. The van der Waals surface area contributed by atoms with Crippen molar-refractivity contribution in [2.45, 2.75) is 37.9 Å². The average Bonchev–Trinajstić information content (AvgIpc) is 2.29. The lowest BCUT2D eigenvalue weighted by molar-refractivity contribution is -0.0488. The van der Waals surface area contributed by atoms with Gasteiger partial charge in [0.05, 0.1) is 17.8 Å². The molecule has 3 rings (SSSR count). The van der Waals surface area contributed by atoms with Crippen molar-refractivity contribution in [2.24, 2.45) is 11.1 Å².